The van der Waals surface area contributed by atoms with E-state index in [2.05, 4.69) is 5.10 Å². The van der Waals surface area contributed by atoms with E-state index >= 15 is 0 Å². The molecule has 0 aliphatic carbocycles. The Kier molecular flexibility index (Phi) is 5.21. The molecular formula is C13H25N3O3S. The largest absolute Gasteiger partial charge is 0.489 e. The summed E-state index contributed by atoms with van der Waals surface area (Å²) < 4.78 is 30.5. The van der Waals surface area contributed by atoms with Crippen molar-refractivity contribution in [2.45, 2.75) is 40.5 Å². The van der Waals surface area contributed by atoms with Gasteiger partial charge in [0, 0.05) is 12.5 Å². The van der Waals surface area contributed by atoms with Gasteiger partial charge in [-0.3, -0.25) is 4.68 Å². The summed E-state index contributed by atoms with van der Waals surface area (Å²) in [4.78, 5) is 0. The normalized spacial score (nSPS) is 12.7. The molecule has 0 amide bonds. The molecule has 0 unspecified atom stereocenters. The minimum atomic E-state index is -3.53. The van der Waals surface area contributed by atoms with Gasteiger partial charge in [-0.2, -0.15) is 5.10 Å². The molecule has 116 valence electrons. The Balaban J connectivity index is 2.92. The first kappa shape index (κ1) is 17.0. The van der Waals surface area contributed by atoms with E-state index in [-0.39, 0.29) is 5.75 Å². The van der Waals surface area contributed by atoms with Gasteiger partial charge in [0.05, 0.1) is 18.1 Å². The zero-order valence-electron chi connectivity index (χ0n) is 12.9. The van der Waals surface area contributed by atoms with Gasteiger partial charge in [-0.1, -0.05) is 13.8 Å². The van der Waals surface area contributed by atoms with Crippen molar-refractivity contribution < 1.29 is 13.2 Å². The van der Waals surface area contributed by atoms with E-state index < -0.39 is 15.4 Å². The molecule has 0 bridgehead atoms. The number of nitrogens with two attached hydrogens (primary N) is 1. The van der Waals surface area contributed by atoms with Crippen molar-refractivity contribution in [2.75, 3.05) is 12.4 Å². The summed E-state index contributed by atoms with van der Waals surface area (Å²) in [5.74, 6) is 0.666. The van der Waals surface area contributed by atoms with Crippen LogP contribution in [0.25, 0.3) is 0 Å². The first-order valence-corrected chi connectivity index (χ1v) is 8.49. The van der Waals surface area contributed by atoms with Crippen LogP contribution in [0, 0.1) is 19.3 Å². The quantitative estimate of drug-likeness (QED) is 0.827. The number of aryl methyl sites for hydroxylation is 2. The average Bonchev–Trinajstić information content (AvgIpc) is 2.58. The number of primary sulfonamides is 1. The van der Waals surface area contributed by atoms with Gasteiger partial charge in [0.25, 0.3) is 0 Å². The molecule has 0 fully saturated rings. The molecule has 6 nitrogen and oxygen atoms in total. The third-order valence-corrected chi connectivity index (χ3v) is 4.99. The van der Waals surface area contributed by atoms with Crippen molar-refractivity contribution in [3.8, 4) is 5.75 Å². The van der Waals surface area contributed by atoms with Crippen molar-refractivity contribution in [3.63, 3.8) is 0 Å². The summed E-state index contributed by atoms with van der Waals surface area (Å²) >= 11 is 0. The minimum Gasteiger partial charge on any atom is -0.489 e. The van der Waals surface area contributed by atoms with Crippen LogP contribution in [-0.2, 0) is 17.1 Å². The Morgan fingerprint density at radius 3 is 2.20 bits per heavy atom. The molecule has 0 aliphatic heterocycles. The second kappa shape index (κ2) is 6.13. The molecule has 2 N–H and O–H groups in total. The molecule has 0 radical (unpaired) electrons. The Morgan fingerprint density at radius 2 is 1.85 bits per heavy atom. The Bertz CT molecular complexity index is 560. The predicted molar refractivity (Wildman–Crippen MR) is 79.2 cm³/mol. The van der Waals surface area contributed by atoms with Crippen LogP contribution in [0.2, 0.25) is 0 Å². The molecule has 7 heteroatoms. The van der Waals surface area contributed by atoms with Gasteiger partial charge in [-0.25, -0.2) is 13.6 Å². The molecule has 0 saturated carbocycles. The first-order chi connectivity index (χ1) is 9.14. The zero-order valence-corrected chi connectivity index (χ0v) is 13.7. The topological polar surface area (TPSA) is 87.2 Å². The van der Waals surface area contributed by atoms with Crippen LogP contribution in [0.1, 0.15) is 38.1 Å². The second-order valence-electron chi connectivity index (χ2n) is 5.43. The van der Waals surface area contributed by atoms with Gasteiger partial charge in [-0.15, -0.1) is 0 Å². The van der Waals surface area contributed by atoms with Crippen LogP contribution >= 0.6 is 0 Å². The molecular weight excluding hydrogens is 278 g/mol. The number of nitrogens with zero attached hydrogens (tertiary/aromatic N) is 2. The number of hydrogen-bond donors (Lipinski definition) is 1. The van der Waals surface area contributed by atoms with E-state index in [0.29, 0.717) is 19.4 Å². The lowest BCUT2D eigenvalue weighted by Crippen LogP contribution is -2.37. The number of ether oxygens (including phenoxy) is 1. The van der Waals surface area contributed by atoms with E-state index in [9.17, 15) is 8.42 Å². The van der Waals surface area contributed by atoms with Gasteiger partial charge in [0.2, 0.25) is 10.0 Å². The van der Waals surface area contributed by atoms with Crippen LogP contribution in [0.5, 0.6) is 5.75 Å². The molecule has 0 atom stereocenters. The predicted octanol–water partition coefficient (Wildman–Crippen LogP) is 1.51. The fraction of sp³-hybridized carbons (Fsp3) is 0.769. The maximum Gasteiger partial charge on any atom is 0.209 e. The molecule has 20 heavy (non-hydrogen) atoms. The molecule has 0 aliphatic rings. The summed E-state index contributed by atoms with van der Waals surface area (Å²) in [7, 11) is -1.67. The summed E-state index contributed by atoms with van der Waals surface area (Å²) in [6, 6.07) is 0. The average molecular weight is 303 g/mol. The molecule has 1 rings (SSSR count). The van der Waals surface area contributed by atoms with E-state index in [1.807, 2.05) is 34.7 Å². The van der Waals surface area contributed by atoms with E-state index in [4.69, 9.17) is 9.88 Å². The van der Waals surface area contributed by atoms with Crippen LogP contribution in [0.15, 0.2) is 0 Å². The van der Waals surface area contributed by atoms with Gasteiger partial charge < -0.3 is 4.74 Å². The molecule has 0 spiro atoms. The molecule has 1 aromatic heterocycles. The first-order valence-electron chi connectivity index (χ1n) is 6.77. The number of rotatable bonds is 7. The fourth-order valence-electron chi connectivity index (χ4n) is 2.32. The second-order valence-corrected chi connectivity index (χ2v) is 7.04. The van der Waals surface area contributed by atoms with E-state index in [1.54, 1.807) is 4.68 Å². The summed E-state index contributed by atoms with van der Waals surface area (Å²) in [5.41, 5.74) is 1.28. The minimum absolute atomic E-state index is 0.0641. The Morgan fingerprint density at radius 1 is 1.30 bits per heavy atom. The van der Waals surface area contributed by atoms with Gasteiger partial charge in [0.1, 0.15) is 5.69 Å². The number of sulfonamides is 1. The third-order valence-electron chi connectivity index (χ3n) is 3.97. The van der Waals surface area contributed by atoms with E-state index in [0.717, 1.165) is 17.1 Å². The number of hydrogen-bond acceptors (Lipinski definition) is 4. The zero-order chi connectivity index (χ0) is 15.6. The standard InChI is InChI=1S/C13H25N3O3S/c1-6-13(7-2,9-20(14,17)18)8-19-12-10(3)15-16(5)11(12)4/h6-9H2,1-5H3,(H2,14,17,18). The van der Waals surface area contributed by atoms with Crippen molar-refractivity contribution in [2.24, 2.45) is 17.6 Å². The lowest BCUT2D eigenvalue weighted by molar-refractivity contribution is 0.153. The smallest absolute Gasteiger partial charge is 0.209 e. The fourth-order valence-corrected chi connectivity index (χ4v) is 3.66. The molecule has 1 heterocycles. The summed E-state index contributed by atoms with van der Waals surface area (Å²) in [6.45, 7) is 8.04. The lowest BCUT2D eigenvalue weighted by Gasteiger charge is -2.30. The highest BCUT2D eigenvalue weighted by atomic mass is 32.2. The third kappa shape index (κ3) is 3.96. The molecule has 1 aromatic rings. The van der Waals surface area contributed by atoms with Crippen molar-refractivity contribution in [1.29, 1.82) is 0 Å². The van der Waals surface area contributed by atoms with Gasteiger partial charge >= 0.3 is 0 Å². The van der Waals surface area contributed by atoms with Crippen LogP contribution in [0.3, 0.4) is 0 Å². The monoisotopic (exact) mass is 303 g/mol. The maximum absolute atomic E-state index is 11.4. The van der Waals surface area contributed by atoms with Gasteiger partial charge in [0.15, 0.2) is 5.75 Å². The van der Waals surface area contributed by atoms with Crippen molar-refractivity contribution >= 4 is 10.0 Å². The summed E-state index contributed by atoms with van der Waals surface area (Å²) in [6.07, 6.45) is 1.39. The van der Waals surface area contributed by atoms with Crippen LogP contribution < -0.4 is 9.88 Å². The summed E-state index contributed by atoms with van der Waals surface area (Å²) in [5, 5.41) is 9.49. The van der Waals surface area contributed by atoms with Crippen molar-refractivity contribution in [3.05, 3.63) is 11.4 Å². The van der Waals surface area contributed by atoms with Gasteiger partial charge in [-0.05, 0) is 26.7 Å². The number of aromatic nitrogens is 2. The van der Waals surface area contributed by atoms with E-state index in [1.165, 1.54) is 0 Å². The highest BCUT2D eigenvalue weighted by Gasteiger charge is 2.32. The van der Waals surface area contributed by atoms with Crippen molar-refractivity contribution in [1.82, 2.24) is 9.78 Å². The Labute approximate surface area is 121 Å². The maximum atomic E-state index is 11.4. The molecule has 0 saturated heterocycles. The SMILES string of the molecule is CCC(CC)(COc1c(C)nn(C)c1C)CS(N)(=O)=O. The van der Waals surface area contributed by atoms with Crippen LogP contribution in [0.4, 0.5) is 0 Å². The lowest BCUT2D eigenvalue weighted by atomic mass is 9.85. The highest BCUT2D eigenvalue weighted by Crippen LogP contribution is 2.31. The highest BCUT2D eigenvalue weighted by molar-refractivity contribution is 7.89. The molecule has 0 aromatic carbocycles. The Hall–Kier alpha value is -1.08. The van der Waals surface area contributed by atoms with Crippen LogP contribution in [-0.4, -0.2) is 30.6 Å².